The molecule has 0 aromatic heterocycles. The highest BCUT2D eigenvalue weighted by Gasteiger charge is 2.51. The first kappa shape index (κ1) is 21.5. The van der Waals surface area contributed by atoms with Gasteiger partial charge < -0.3 is 14.8 Å². The highest BCUT2D eigenvalue weighted by molar-refractivity contribution is 7.89. The summed E-state index contributed by atoms with van der Waals surface area (Å²) in [5.41, 5.74) is 3.97. The Bertz CT molecular complexity index is 1350. The minimum Gasteiger partial charge on any atom is -0.454 e. The third-order valence-corrected chi connectivity index (χ3v) is 7.77. The van der Waals surface area contributed by atoms with Crippen molar-refractivity contribution in [3.63, 3.8) is 0 Å². The van der Waals surface area contributed by atoms with Crippen molar-refractivity contribution in [1.82, 2.24) is 4.72 Å². The second kappa shape index (κ2) is 7.90. The molecule has 0 saturated heterocycles. The fourth-order valence-electron chi connectivity index (χ4n) is 4.21. The summed E-state index contributed by atoms with van der Waals surface area (Å²) in [5.74, 6) is 1.35. The van der Waals surface area contributed by atoms with Crippen molar-refractivity contribution in [2.75, 3.05) is 19.2 Å². The van der Waals surface area contributed by atoms with Crippen LogP contribution in [0.2, 0.25) is 0 Å². The van der Waals surface area contributed by atoms with Crippen LogP contribution < -0.4 is 19.5 Å². The lowest BCUT2D eigenvalue weighted by Gasteiger charge is -2.17. The molecular formula is C25H24N2O5S. The van der Waals surface area contributed by atoms with Crippen LogP contribution in [0.3, 0.4) is 0 Å². The molecule has 7 nitrogen and oxygen atoms in total. The Morgan fingerprint density at radius 2 is 1.67 bits per heavy atom. The van der Waals surface area contributed by atoms with Gasteiger partial charge in [-0.25, -0.2) is 13.1 Å². The molecule has 1 heterocycles. The number of ether oxygens (including phenoxy) is 2. The number of carbonyl (C=O) groups is 1. The van der Waals surface area contributed by atoms with E-state index >= 15 is 0 Å². The summed E-state index contributed by atoms with van der Waals surface area (Å²) in [7, 11) is -2.09. The molecule has 0 atom stereocenters. The summed E-state index contributed by atoms with van der Waals surface area (Å²) in [6, 6.07) is 18.2. The molecule has 5 rings (SSSR count). The maximum absolute atomic E-state index is 13.2. The first-order valence-electron chi connectivity index (χ1n) is 10.7. The van der Waals surface area contributed by atoms with E-state index in [0.717, 1.165) is 40.8 Å². The van der Waals surface area contributed by atoms with Crippen molar-refractivity contribution < 1.29 is 22.7 Å². The van der Waals surface area contributed by atoms with Gasteiger partial charge in [-0.2, -0.15) is 0 Å². The molecule has 8 heteroatoms. The van der Waals surface area contributed by atoms with Crippen molar-refractivity contribution in [1.29, 1.82) is 0 Å². The van der Waals surface area contributed by atoms with Crippen LogP contribution in [0, 0.1) is 6.92 Å². The zero-order chi connectivity index (χ0) is 23.2. The zero-order valence-electron chi connectivity index (χ0n) is 18.3. The lowest BCUT2D eigenvalue weighted by molar-refractivity contribution is -0.118. The van der Waals surface area contributed by atoms with Gasteiger partial charge in [0.15, 0.2) is 11.5 Å². The summed E-state index contributed by atoms with van der Waals surface area (Å²) < 4.78 is 37.0. The fourth-order valence-corrected chi connectivity index (χ4v) is 4.94. The minimum atomic E-state index is -3.47. The molecule has 0 spiro atoms. The summed E-state index contributed by atoms with van der Waals surface area (Å²) >= 11 is 0. The molecule has 3 aromatic rings. The average molecular weight is 465 g/mol. The SMILES string of the molecule is CNS(=O)(=O)c1ccc(-c2ccc(NC(=O)C3(c4ccc5c(c4)OCO5)CC3)cc2C)cc1. The van der Waals surface area contributed by atoms with Gasteiger partial charge in [0.25, 0.3) is 0 Å². The van der Waals surface area contributed by atoms with Crippen LogP contribution in [-0.2, 0) is 20.2 Å². The van der Waals surface area contributed by atoms with Crippen LogP contribution in [0.4, 0.5) is 5.69 Å². The molecule has 0 radical (unpaired) electrons. The van der Waals surface area contributed by atoms with Gasteiger partial charge >= 0.3 is 0 Å². The van der Waals surface area contributed by atoms with Crippen LogP contribution >= 0.6 is 0 Å². The molecule has 1 saturated carbocycles. The number of hydrogen-bond donors (Lipinski definition) is 2. The Labute approximate surface area is 192 Å². The topological polar surface area (TPSA) is 93.7 Å². The van der Waals surface area contributed by atoms with Gasteiger partial charge in [-0.3, -0.25) is 4.79 Å². The van der Waals surface area contributed by atoms with Gasteiger partial charge in [0.05, 0.1) is 10.3 Å². The minimum absolute atomic E-state index is 0.0323. The fraction of sp³-hybridized carbons (Fsp3) is 0.240. The maximum Gasteiger partial charge on any atom is 0.240 e. The quantitative estimate of drug-likeness (QED) is 0.576. The molecule has 1 fully saturated rings. The number of aryl methyl sites for hydroxylation is 1. The summed E-state index contributed by atoms with van der Waals surface area (Å²) in [6.45, 7) is 2.17. The van der Waals surface area contributed by atoms with Crippen molar-refractivity contribution in [3.8, 4) is 22.6 Å². The summed E-state index contributed by atoms with van der Waals surface area (Å²) in [4.78, 5) is 13.4. The highest BCUT2D eigenvalue weighted by atomic mass is 32.2. The number of sulfonamides is 1. The standard InChI is InChI=1S/C25H24N2O5S/c1-16-13-19(6-9-21(16)17-3-7-20(8-4-17)33(29,30)26-2)27-24(28)25(11-12-25)18-5-10-22-23(14-18)32-15-31-22/h3-10,13-14,26H,11-12,15H2,1-2H3,(H,27,28). The van der Waals surface area contributed by atoms with Crippen LogP contribution in [0.15, 0.2) is 65.6 Å². The van der Waals surface area contributed by atoms with Crippen LogP contribution in [-0.4, -0.2) is 28.2 Å². The van der Waals surface area contributed by atoms with E-state index in [9.17, 15) is 13.2 Å². The number of carbonyl (C=O) groups excluding carboxylic acids is 1. The Morgan fingerprint density at radius 3 is 2.33 bits per heavy atom. The molecule has 2 N–H and O–H groups in total. The molecule has 0 bridgehead atoms. The Kier molecular flexibility index (Phi) is 5.14. The van der Waals surface area contributed by atoms with E-state index in [1.165, 1.54) is 7.05 Å². The Hall–Kier alpha value is -3.36. The molecule has 1 aliphatic carbocycles. The van der Waals surface area contributed by atoms with Crippen molar-refractivity contribution in [2.24, 2.45) is 0 Å². The predicted octanol–water partition coefficient (Wildman–Crippen LogP) is 3.97. The van der Waals surface area contributed by atoms with E-state index < -0.39 is 15.4 Å². The van der Waals surface area contributed by atoms with E-state index in [0.29, 0.717) is 11.5 Å². The molecule has 170 valence electrons. The number of benzene rings is 3. The van der Waals surface area contributed by atoms with Gasteiger partial charge in [0.2, 0.25) is 22.7 Å². The highest BCUT2D eigenvalue weighted by Crippen LogP contribution is 2.51. The van der Waals surface area contributed by atoms with Gasteiger partial charge in [-0.15, -0.1) is 0 Å². The molecule has 3 aromatic carbocycles. The number of anilines is 1. The van der Waals surface area contributed by atoms with Crippen LogP contribution in [0.25, 0.3) is 11.1 Å². The zero-order valence-corrected chi connectivity index (χ0v) is 19.2. The molecule has 0 unspecified atom stereocenters. The van der Waals surface area contributed by atoms with Crippen molar-refractivity contribution in [3.05, 3.63) is 71.8 Å². The van der Waals surface area contributed by atoms with E-state index in [4.69, 9.17) is 9.47 Å². The van der Waals surface area contributed by atoms with E-state index in [-0.39, 0.29) is 17.6 Å². The van der Waals surface area contributed by atoms with Gasteiger partial charge in [-0.1, -0.05) is 24.3 Å². The third-order valence-electron chi connectivity index (χ3n) is 6.34. The second-order valence-corrected chi connectivity index (χ2v) is 10.3. The molecule has 2 aliphatic rings. The molecule has 1 amide bonds. The largest absolute Gasteiger partial charge is 0.454 e. The van der Waals surface area contributed by atoms with E-state index in [1.807, 2.05) is 43.3 Å². The number of nitrogens with one attached hydrogen (secondary N) is 2. The Morgan fingerprint density at radius 1 is 0.939 bits per heavy atom. The smallest absolute Gasteiger partial charge is 0.240 e. The average Bonchev–Trinajstić information content (AvgIpc) is 3.50. The van der Waals surface area contributed by atoms with Crippen LogP contribution in [0.5, 0.6) is 11.5 Å². The Balaban J connectivity index is 1.34. The maximum atomic E-state index is 13.2. The van der Waals surface area contributed by atoms with Gasteiger partial charge in [0, 0.05) is 5.69 Å². The number of amides is 1. The van der Waals surface area contributed by atoms with E-state index in [1.54, 1.807) is 24.3 Å². The van der Waals surface area contributed by atoms with Crippen molar-refractivity contribution >= 4 is 21.6 Å². The lowest BCUT2D eigenvalue weighted by atomic mass is 9.94. The first-order valence-corrected chi connectivity index (χ1v) is 12.2. The number of fused-ring (bicyclic) bond motifs is 1. The first-order chi connectivity index (χ1) is 15.8. The van der Waals surface area contributed by atoms with Gasteiger partial charge in [0.1, 0.15) is 0 Å². The van der Waals surface area contributed by atoms with E-state index in [2.05, 4.69) is 10.0 Å². The predicted molar refractivity (Wildman–Crippen MR) is 125 cm³/mol. The molecule has 1 aliphatic heterocycles. The summed E-state index contributed by atoms with van der Waals surface area (Å²) in [5, 5.41) is 3.07. The molecule has 33 heavy (non-hydrogen) atoms. The second-order valence-electron chi connectivity index (χ2n) is 8.37. The van der Waals surface area contributed by atoms with Crippen molar-refractivity contribution in [2.45, 2.75) is 30.1 Å². The van der Waals surface area contributed by atoms with Gasteiger partial charge in [-0.05, 0) is 85.5 Å². The van der Waals surface area contributed by atoms with Crippen LogP contribution in [0.1, 0.15) is 24.0 Å². The summed E-state index contributed by atoms with van der Waals surface area (Å²) in [6.07, 6.45) is 1.58. The molecular weight excluding hydrogens is 440 g/mol. The lowest BCUT2D eigenvalue weighted by Crippen LogP contribution is -2.27. The normalized spacial score (nSPS) is 15.8. The number of rotatable bonds is 6. The monoisotopic (exact) mass is 464 g/mol. The third kappa shape index (κ3) is 3.85. The number of hydrogen-bond acceptors (Lipinski definition) is 5.